The molecule has 7 nitrogen and oxygen atoms in total. The Labute approximate surface area is 162 Å². The fraction of sp³-hybridized carbons (Fsp3) is 0.200. The van der Waals surface area contributed by atoms with Crippen LogP contribution in [0.15, 0.2) is 48.5 Å². The number of Topliss-reactive ketones (excluding diaryl/α,β-unsaturated/α-hetero) is 1. The number of para-hydroxylation sites is 1. The number of carbonyl (C=O) groups excluding carboxylic acids is 2. The third kappa shape index (κ3) is 3.38. The van der Waals surface area contributed by atoms with Gasteiger partial charge in [0.2, 0.25) is 10.0 Å². The molecule has 0 spiro atoms. The van der Waals surface area contributed by atoms with Gasteiger partial charge in [0, 0.05) is 23.0 Å². The van der Waals surface area contributed by atoms with Crippen LogP contribution in [0, 0.1) is 0 Å². The molecule has 3 aromatic rings. The summed E-state index contributed by atoms with van der Waals surface area (Å²) in [6.07, 6.45) is 1.70. The number of carbonyl (C=O) groups is 2. The maximum atomic E-state index is 12.4. The number of hydrogen-bond acceptors (Lipinski definition) is 5. The van der Waals surface area contributed by atoms with Crippen molar-refractivity contribution in [2.24, 2.45) is 0 Å². The monoisotopic (exact) mass is 398 g/mol. The number of sulfonamides is 1. The highest BCUT2D eigenvalue weighted by molar-refractivity contribution is 7.92. The fourth-order valence-electron chi connectivity index (χ4n) is 3.36. The minimum atomic E-state index is -3.34. The van der Waals surface area contributed by atoms with Gasteiger partial charge in [-0.25, -0.2) is 13.2 Å². The summed E-state index contributed by atoms with van der Waals surface area (Å²) in [5.74, 6) is -0.945. The van der Waals surface area contributed by atoms with Crippen molar-refractivity contribution >= 4 is 38.4 Å². The molecule has 0 saturated carbocycles. The van der Waals surface area contributed by atoms with E-state index in [1.54, 1.807) is 24.3 Å². The Kier molecular flexibility index (Phi) is 4.43. The summed E-state index contributed by atoms with van der Waals surface area (Å²) in [6.45, 7) is -0.0239. The van der Waals surface area contributed by atoms with E-state index in [0.29, 0.717) is 24.2 Å². The van der Waals surface area contributed by atoms with Crippen molar-refractivity contribution in [1.29, 1.82) is 0 Å². The van der Waals surface area contributed by atoms with E-state index in [1.807, 2.05) is 24.3 Å². The Morgan fingerprint density at radius 2 is 1.93 bits per heavy atom. The number of anilines is 1. The zero-order valence-electron chi connectivity index (χ0n) is 15.1. The first-order valence-corrected chi connectivity index (χ1v) is 10.6. The number of fused-ring (bicyclic) bond motifs is 2. The van der Waals surface area contributed by atoms with E-state index < -0.39 is 16.0 Å². The molecule has 0 amide bonds. The van der Waals surface area contributed by atoms with Crippen molar-refractivity contribution in [3.8, 4) is 0 Å². The highest BCUT2D eigenvalue weighted by Gasteiger charge is 2.27. The third-order valence-corrected chi connectivity index (χ3v) is 5.92. The van der Waals surface area contributed by atoms with Crippen LogP contribution in [0.4, 0.5) is 5.69 Å². The number of benzene rings is 2. The maximum absolute atomic E-state index is 12.4. The Balaban J connectivity index is 1.45. The summed E-state index contributed by atoms with van der Waals surface area (Å²) in [5, 5.41) is 0.884. The molecular formula is C20H18N2O5S. The van der Waals surface area contributed by atoms with Crippen LogP contribution in [-0.4, -0.2) is 44.6 Å². The molecule has 0 saturated heterocycles. The molecule has 0 atom stereocenters. The zero-order valence-corrected chi connectivity index (χ0v) is 16.0. The molecule has 28 heavy (non-hydrogen) atoms. The van der Waals surface area contributed by atoms with E-state index in [2.05, 4.69) is 4.98 Å². The molecule has 1 aliphatic heterocycles. The van der Waals surface area contributed by atoms with Gasteiger partial charge in [0.05, 0.1) is 11.9 Å². The molecule has 2 aromatic carbocycles. The highest BCUT2D eigenvalue weighted by atomic mass is 32.2. The first-order valence-electron chi connectivity index (χ1n) is 8.71. The topological polar surface area (TPSA) is 96.5 Å². The highest BCUT2D eigenvalue weighted by Crippen LogP contribution is 2.30. The van der Waals surface area contributed by atoms with Crippen molar-refractivity contribution in [1.82, 2.24) is 4.98 Å². The van der Waals surface area contributed by atoms with Crippen LogP contribution in [0.25, 0.3) is 10.9 Å². The SMILES string of the molecule is CS(=O)(=O)N1CCc2cc(C(=O)COC(=O)c3cc4ccccc4[nH]3)ccc21. The Bertz CT molecular complexity index is 1160. The van der Waals surface area contributed by atoms with Gasteiger partial charge >= 0.3 is 5.97 Å². The molecule has 144 valence electrons. The molecule has 1 aromatic heterocycles. The number of ether oxygens (including phenoxy) is 1. The van der Waals surface area contributed by atoms with Gasteiger partial charge in [0.1, 0.15) is 5.69 Å². The summed E-state index contributed by atoms with van der Waals surface area (Å²) in [5.41, 5.74) is 2.87. The molecule has 0 unspecified atom stereocenters. The van der Waals surface area contributed by atoms with Crippen LogP contribution < -0.4 is 4.31 Å². The van der Waals surface area contributed by atoms with E-state index in [4.69, 9.17) is 4.74 Å². The van der Waals surface area contributed by atoms with E-state index >= 15 is 0 Å². The second-order valence-corrected chi connectivity index (χ2v) is 8.61. The summed E-state index contributed by atoms with van der Waals surface area (Å²) in [7, 11) is -3.34. The predicted molar refractivity (Wildman–Crippen MR) is 105 cm³/mol. The van der Waals surface area contributed by atoms with Gasteiger partial charge in [0.15, 0.2) is 12.4 Å². The predicted octanol–water partition coefficient (Wildman–Crippen LogP) is 2.53. The summed E-state index contributed by atoms with van der Waals surface area (Å²) in [6, 6.07) is 14.0. The number of hydrogen-bond donors (Lipinski definition) is 1. The standard InChI is InChI=1S/C20H18N2O5S/c1-28(25,26)22-9-8-14-10-15(6-7-18(14)22)19(23)12-27-20(24)17-11-13-4-2-3-5-16(13)21-17/h2-7,10-11,21H,8-9,12H2,1H3. The molecule has 0 radical (unpaired) electrons. The van der Waals surface area contributed by atoms with Gasteiger partial charge < -0.3 is 9.72 Å². The van der Waals surface area contributed by atoms with Crippen molar-refractivity contribution in [2.75, 3.05) is 23.7 Å². The van der Waals surface area contributed by atoms with Crippen LogP contribution in [0.5, 0.6) is 0 Å². The third-order valence-electron chi connectivity index (χ3n) is 4.74. The van der Waals surface area contributed by atoms with Gasteiger partial charge in [-0.15, -0.1) is 0 Å². The lowest BCUT2D eigenvalue weighted by Gasteiger charge is -2.16. The lowest BCUT2D eigenvalue weighted by atomic mass is 10.1. The zero-order chi connectivity index (χ0) is 19.9. The molecule has 4 rings (SSSR count). The normalized spacial score (nSPS) is 13.5. The molecule has 0 fully saturated rings. The van der Waals surface area contributed by atoms with Crippen LogP contribution in [0.2, 0.25) is 0 Å². The minimum absolute atomic E-state index is 0.284. The van der Waals surface area contributed by atoms with Crippen molar-refractivity contribution < 1.29 is 22.7 Å². The minimum Gasteiger partial charge on any atom is -0.453 e. The number of rotatable bonds is 5. The Morgan fingerprint density at radius 3 is 2.68 bits per heavy atom. The molecule has 0 bridgehead atoms. The lowest BCUT2D eigenvalue weighted by molar-refractivity contribution is 0.0470. The second-order valence-electron chi connectivity index (χ2n) is 6.70. The van der Waals surface area contributed by atoms with Gasteiger partial charge in [-0.3, -0.25) is 9.10 Å². The number of nitrogens with one attached hydrogen (secondary N) is 1. The molecule has 2 heterocycles. The Morgan fingerprint density at radius 1 is 1.14 bits per heavy atom. The second kappa shape index (κ2) is 6.79. The van der Waals surface area contributed by atoms with E-state index in [-0.39, 0.29) is 18.1 Å². The first-order chi connectivity index (χ1) is 13.3. The first kappa shape index (κ1) is 18.2. The number of esters is 1. The summed E-state index contributed by atoms with van der Waals surface area (Å²) < 4.78 is 30.0. The lowest BCUT2D eigenvalue weighted by Crippen LogP contribution is -2.27. The van der Waals surface area contributed by atoms with E-state index in [0.717, 1.165) is 22.7 Å². The van der Waals surface area contributed by atoms with Gasteiger partial charge in [-0.2, -0.15) is 0 Å². The van der Waals surface area contributed by atoms with Crippen molar-refractivity contribution in [2.45, 2.75) is 6.42 Å². The van der Waals surface area contributed by atoms with E-state index in [1.165, 1.54) is 4.31 Å². The molecule has 8 heteroatoms. The Hall–Kier alpha value is -3.13. The summed E-state index contributed by atoms with van der Waals surface area (Å²) >= 11 is 0. The van der Waals surface area contributed by atoms with Crippen LogP contribution >= 0.6 is 0 Å². The number of nitrogens with zero attached hydrogens (tertiary/aromatic N) is 1. The van der Waals surface area contributed by atoms with Crippen LogP contribution in [0.3, 0.4) is 0 Å². The summed E-state index contributed by atoms with van der Waals surface area (Å²) in [4.78, 5) is 27.6. The molecular weight excluding hydrogens is 380 g/mol. The largest absolute Gasteiger partial charge is 0.453 e. The molecule has 1 N–H and O–H groups in total. The molecule has 1 aliphatic rings. The molecule has 0 aliphatic carbocycles. The van der Waals surface area contributed by atoms with Crippen LogP contribution in [-0.2, 0) is 21.2 Å². The maximum Gasteiger partial charge on any atom is 0.355 e. The van der Waals surface area contributed by atoms with Gasteiger partial charge in [-0.05, 0) is 42.3 Å². The number of aromatic nitrogens is 1. The average molecular weight is 398 g/mol. The van der Waals surface area contributed by atoms with E-state index in [9.17, 15) is 18.0 Å². The fourth-order valence-corrected chi connectivity index (χ4v) is 4.32. The van der Waals surface area contributed by atoms with Gasteiger partial charge in [-0.1, -0.05) is 18.2 Å². The van der Waals surface area contributed by atoms with Crippen molar-refractivity contribution in [3.63, 3.8) is 0 Å². The van der Waals surface area contributed by atoms with Crippen molar-refractivity contribution in [3.05, 3.63) is 65.4 Å². The number of H-pyrrole nitrogens is 1. The smallest absolute Gasteiger partial charge is 0.355 e. The van der Waals surface area contributed by atoms with Gasteiger partial charge in [0.25, 0.3) is 0 Å². The number of ketones is 1. The quantitative estimate of drug-likeness (QED) is 0.526. The average Bonchev–Trinajstić information content (AvgIpc) is 3.28. The van der Waals surface area contributed by atoms with Crippen LogP contribution in [0.1, 0.15) is 26.4 Å². The number of aromatic amines is 1.